The molecule has 0 unspecified atom stereocenters. The Bertz CT molecular complexity index is 6650. The summed E-state index contributed by atoms with van der Waals surface area (Å²) in [6.45, 7) is 2.24. The number of aromatic nitrogens is 8. The molecule has 608 valence electrons. The molecule has 10 N–H and O–H groups in total. The smallest absolute Gasteiger partial charge is 0.870 e. The summed E-state index contributed by atoms with van der Waals surface area (Å²) in [4.78, 5) is 70.0. The van der Waals surface area contributed by atoms with E-state index in [1.54, 1.807) is 0 Å². The summed E-state index contributed by atoms with van der Waals surface area (Å²) < 4.78 is 228. The topological polar surface area (TPSA) is 719 Å². The van der Waals surface area contributed by atoms with Crippen molar-refractivity contribution in [1.29, 1.82) is 0 Å². The van der Waals surface area contributed by atoms with Crippen LogP contribution in [-0.4, -0.2) is 153 Å². The van der Waals surface area contributed by atoms with E-state index in [0.717, 1.165) is 132 Å². The normalized spacial score (nSPS) is 11.5. The van der Waals surface area contributed by atoms with Crippen molar-refractivity contribution in [3.05, 3.63) is 205 Å². The molecule has 56 heteroatoms. The van der Waals surface area contributed by atoms with Crippen molar-refractivity contribution >= 4 is 199 Å². The van der Waals surface area contributed by atoms with Gasteiger partial charge in [0.05, 0.1) is 88.0 Å². The van der Waals surface area contributed by atoms with Gasteiger partial charge in [0.1, 0.15) is 72.1 Å². The van der Waals surface area contributed by atoms with Crippen LogP contribution < -0.4 is 218 Å². The van der Waals surface area contributed by atoms with Crippen LogP contribution in [0.2, 0.25) is 0 Å². The fourth-order valence-electron chi connectivity index (χ4n) is 11.1. The Morgan fingerprint density at radius 3 is 0.960 bits per heavy atom. The van der Waals surface area contributed by atoms with E-state index in [1.807, 2.05) is 0 Å². The average Bonchev–Trinajstić information content (AvgIpc) is 0.763. The number of anilines is 10. The number of rotatable bonds is 26. The van der Waals surface area contributed by atoms with Crippen LogP contribution in [0.15, 0.2) is 232 Å². The maximum atomic E-state index is 13.1. The van der Waals surface area contributed by atoms with Crippen LogP contribution in [0.1, 0.15) is 45.7 Å². The number of carboxylic acid groups (broad SMARTS) is 2. The number of nitrogens with one attached hydrogen (secondary N) is 6. The number of pyridine rings is 2. The average molecular weight is 1860 g/mol. The van der Waals surface area contributed by atoms with Crippen molar-refractivity contribution in [2.45, 2.75) is 43.2 Å². The van der Waals surface area contributed by atoms with E-state index < -0.39 is 159 Å². The molecule has 0 aliphatic carbocycles. The maximum Gasteiger partial charge on any atom is 1.00 e. The second-order valence-corrected chi connectivity index (χ2v) is 32.1. The van der Waals surface area contributed by atoms with Crippen LogP contribution in [0.25, 0.3) is 45.6 Å². The predicted molar refractivity (Wildman–Crippen MR) is 401 cm³/mol. The monoisotopic (exact) mass is 1860 g/mol. The van der Waals surface area contributed by atoms with Crippen molar-refractivity contribution in [2.75, 3.05) is 31.9 Å². The Balaban J connectivity index is 0.00000403. The summed E-state index contributed by atoms with van der Waals surface area (Å²) in [6.07, 6.45) is 6.91. The van der Waals surface area contributed by atoms with Crippen molar-refractivity contribution in [3.63, 3.8) is 0 Å². The summed E-state index contributed by atoms with van der Waals surface area (Å²) in [5.41, 5.74) is -2.85. The fourth-order valence-corrected chi connectivity index (χ4v) is 15.2. The fraction of sp³-hybridized carbons (Fsp3) is 0.0294. The van der Waals surface area contributed by atoms with E-state index in [4.69, 9.17) is 0 Å². The van der Waals surface area contributed by atoms with E-state index >= 15 is 0 Å². The number of amides is 2. The molecular formula is C68H48N18Na6O26S6. The molecule has 124 heavy (non-hydrogen) atoms. The zero-order valence-corrected chi connectivity index (χ0v) is 82.0. The Kier molecular flexibility index (Phi) is 38.6. The largest absolute Gasteiger partial charge is 1.00 e. The van der Waals surface area contributed by atoms with Crippen molar-refractivity contribution in [1.82, 2.24) is 29.9 Å². The number of nitrogens with zero attached hydrogens (tertiary/aromatic N) is 12. The van der Waals surface area contributed by atoms with Gasteiger partial charge >= 0.3 is 225 Å². The van der Waals surface area contributed by atoms with Gasteiger partial charge in [-0.05, 0) is 152 Å². The minimum Gasteiger partial charge on any atom is -0.870 e. The van der Waals surface area contributed by atoms with Gasteiger partial charge in [-0.1, -0.05) is 48.6 Å². The van der Waals surface area contributed by atoms with E-state index in [9.17, 15) is 107 Å². The number of carbonyl (C=O) groups is 4. The Morgan fingerprint density at radius 1 is 0.355 bits per heavy atom. The zero-order valence-electron chi connectivity index (χ0n) is 65.1. The van der Waals surface area contributed by atoms with Crippen LogP contribution in [0, 0.1) is 0 Å². The molecule has 44 nitrogen and oxygen atoms in total. The summed E-state index contributed by atoms with van der Waals surface area (Å²) in [5, 5.41) is 50.3. The molecule has 12 aromatic rings. The van der Waals surface area contributed by atoms with Gasteiger partial charge in [0, 0.05) is 58.1 Å². The molecule has 8 aromatic carbocycles. The Morgan fingerprint density at radius 2 is 0.661 bits per heavy atom. The van der Waals surface area contributed by atoms with Crippen LogP contribution in [0.3, 0.4) is 0 Å². The number of carboxylic acids is 2. The van der Waals surface area contributed by atoms with Crippen LogP contribution in [0.5, 0.6) is 0 Å². The molecule has 2 amide bonds. The molecule has 0 saturated heterocycles. The third-order valence-electron chi connectivity index (χ3n) is 15.9. The van der Waals surface area contributed by atoms with Gasteiger partial charge in [-0.3, -0.25) is 9.59 Å². The van der Waals surface area contributed by atoms with Gasteiger partial charge in [-0.25, -0.2) is 69.2 Å². The summed E-state index contributed by atoms with van der Waals surface area (Å²) >= 11 is 0. The maximum absolute atomic E-state index is 13.1. The molecule has 0 fully saturated rings. The van der Waals surface area contributed by atoms with Gasteiger partial charge in [0.25, 0.3) is 0 Å². The first-order valence-corrected chi connectivity index (χ1v) is 40.5. The second-order valence-electron chi connectivity index (χ2n) is 24.1. The molecule has 0 radical (unpaired) electrons. The molecule has 0 saturated carbocycles. The Labute approximate surface area is 834 Å². The third kappa shape index (κ3) is 27.3. The molecule has 0 spiro atoms. The minimum absolute atomic E-state index is 0. The number of fused-ring (bicyclic) bond motifs is 2. The van der Waals surface area contributed by atoms with Gasteiger partial charge in [0.15, 0.2) is 0 Å². The minimum atomic E-state index is -5.49. The number of hydrogen-bond acceptors (Lipinski definition) is 38. The first-order valence-electron chi connectivity index (χ1n) is 32.1. The van der Waals surface area contributed by atoms with Crippen molar-refractivity contribution < 1.29 is 305 Å². The standard InChI is InChI=1S/C68H50N18O24S6.6Na.2H2O/c1-35(87)69-53-27-41(19-21-51(53)83-81-45-25-49-47(59(31-45)115(105,106)107)9-3-11-55(49)111(93,94)95)71-63-75-65(79-67(77-63)85-23-5-7-39(33-85)61(89)90)73-43-17-15-37(57(29-43)113(99,100)101)13-14-38-16-18-44(30-58(38)114(102,103)104)74-66-76-64(78-68(80-66)86-24-6-8-40(34-86)62(91)92)72-42-20-22-52(54(28-42)70-36(2)88)84-82-46-26-50-48(60(32-46)116(108,109)110)10-4-12-56(50)112(96,97)98;;;;;;;;/h3-34H,1-2H3,(H12-2,69,70,71,72,73,74,75,76,77,78,79,80,81,82,83,84,87,88,89,90,91,92,93,94,95,96,97,98,99,100,101,102,103,104,105,106,107,108,109,110);;;;;;;2*1H2/q;6*+1;;/p-6. The van der Waals surface area contributed by atoms with Gasteiger partial charge in [-0.2, -0.15) is 10.2 Å². The van der Waals surface area contributed by atoms with E-state index in [1.165, 1.54) is 85.2 Å². The quantitative estimate of drug-likeness (QED) is 0.00820. The van der Waals surface area contributed by atoms with E-state index in [0.29, 0.717) is 0 Å². The molecule has 4 aromatic heterocycles. The first kappa shape index (κ1) is 108. The number of azo groups is 2. The first-order chi connectivity index (χ1) is 54.5. The number of aromatic carboxylic acids is 2. The van der Waals surface area contributed by atoms with Gasteiger partial charge in [0.2, 0.25) is 11.8 Å². The van der Waals surface area contributed by atoms with Crippen molar-refractivity contribution in [3.8, 4) is 11.9 Å². The van der Waals surface area contributed by atoms with Crippen LogP contribution >= 0.6 is 0 Å². The Hall–Kier alpha value is -8.00. The van der Waals surface area contributed by atoms with Crippen LogP contribution in [-0.2, 0) is 70.3 Å². The molecule has 12 rings (SSSR count). The summed E-state index contributed by atoms with van der Waals surface area (Å²) in [5.74, 6) is -6.20. The predicted octanol–water partition coefficient (Wildman–Crippen LogP) is -10.7. The molecule has 0 aliphatic rings. The number of hydrogen-bond donors (Lipinski definition) is 8. The molecule has 0 bridgehead atoms. The van der Waals surface area contributed by atoms with Gasteiger partial charge in [-0.15, -0.1) is 20.2 Å². The van der Waals surface area contributed by atoms with Crippen molar-refractivity contribution in [2.24, 2.45) is 20.5 Å². The molecular weight excluding hydrogens is 1820 g/mol. The summed E-state index contributed by atoms with van der Waals surface area (Å²) in [6, 6.07) is 28.9. The molecule has 4 heterocycles. The van der Waals surface area contributed by atoms with E-state index in [-0.39, 0.29) is 280 Å². The van der Waals surface area contributed by atoms with Gasteiger partial charge < -0.3 is 80.4 Å². The molecule has 0 atom stereocenters. The second kappa shape index (κ2) is 44.1. The van der Waals surface area contributed by atoms with Crippen LogP contribution in [0.4, 0.5) is 80.7 Å². The van der Waals surface area contributed by atoms with E-state index in [2.05, 4.69) is 82.3 Å². The number of benzene rings is 8. The SMILES string of the molecule is CC(=O)Nc1cc(Nc2nc(Nc3ccc(/C=C/c4ccc(Nc5nc(Nc6ccc(N=Nc7cc(S(=O)(=O)[O-])c8cccc(S(=O)(=O)[O-])c8c7)c(NC(C)=O)c6)nc(-[n+]6cccc(C(=O)O)c6)n5)cc4S(=O)(=O)[O-])c(S(=O)(=O)[O-])c3)nc(-[n+]3cccc(C(=O)O)c3)n2)ccc1N=Nc1cc(S(=O)(=O)[O-])c2cccc(S(=O)(=O)[O-])c2c1.[Na+].[Na+].[Na+].[Na+].[Na+].[Na+].[OH-].[OH-]. The number of carbonyl (C=O) groups excluding carboxylic acids is 2. The summed E-state index contributed by atoms with van der Waals surface area (Å²) in [7, 11) is -32.1. The molecule has 0 aliphatic heterocycles. The third-order valence-corrected chi connectivity index (χ3v) is 21.2. The zero-order chi connectivity index (χ0) is 83.7.